The summed E-state index contributed by atoms with van der Waals surface area (Å²) in [5.74, 6) is 0.759. The third kappa shape index (κ3) is 5.43. The molecule has 4 heterocycles. The fraction of sp³-hybridized carbons (Fsp3) is 0.536. The highest BCUT2D eigenvalue weighted by molar-refractivity contribution is 5.96. The van der Waals surface area contributed by atoms with Crippen molar-refractivity contribution in [3.05, 3.63) is 53.2 Å². The zero-order chi connectivity index (χ0) is 26.2. The average Bonchev–Trinajstić information content (AvgIpc) is 3.37. The molecule has 3 atom stereocenters. The number of nitrogens with zero attached hydrogens (tertiary/aromatic N) is 2. The molecule has 1 aromatic heterocycles. The molecule has 0 saturated carbocycles. The Kier molecular flexibility index (Phi) is 7.09. The van der Waals surface area contributed by atoms with Crippen molar-refractivity contribution in [2.24, 2.45) is 0 Å². The van der Waals surface area contributed by atoms with Crippen molar-refractivity contribution in [1.82, 2.24) is 15.6 Å². The number of ether oxygens (including phenoxy) is 3. The van der Waals surface area contributed by atoms with Gasteiger partial charge in [-0.25, -0.2) is 4.98 Å². The number of carbonyl (C=O) groups is 2. The second-order valence-electron chi connectivity index (χ2n) is 10.6. The molecule has 198 valence electrons. The Morgan fingerprint density at radius 2 is 1.89 bits per heavy atom. The van der Waals surface area contributed by atoms with Crippen LogP contribution in [-0.2, 0) is 9.47 Å². The van der Waals surface area contributed by atoms with Crippen LogP contribution < -0.4 is 20.3 Å². The van der Waals surface area contributed by atoms with E-state index in [9.17, 15) is 9.59 Å². The van der Waals surface area contributed by atoms with Crippen LogP contribution in [-0.4, -0.2) is 67.1 Å². The number of methoxy groups -OCH3 is 1. The molecule has 5 rings (SSSR count). The van der Waals surface area contributed by atoms with Crippen molar-refractivity contribution >= 4 is 17.6 Å². The molecule has 37 heavy (non-hydrogen) atoms. The smallest absolute Gasteiger partial charge is 0.252 e. The highest BCUT2D eigenvalue weighted by atomic mass is 16.7. The summed E-state index contributed by atoms with van der Waals surface area (Å²) in [4.78, 5) is 32.6. The number of rotatable bonds is 7. The van der Waals surface area contributed by atoms with Gasteiger partial charge in [-0.15, -0.1) is 0 Å². The summed E-state index contributed by atoms with van der Waals surface area (Å²) < 4.78 is 16.7. The summed E-state index contributed by atoms with van der Waals surface area (Å²) in [6.45, 7) is 6.49. The van der Waals surface area contributed by atoms with E-state index in [0.29, 0.717) is 36.4 Å². The van der Waals surface area contributed by atoms with E-state index < -0.39 is 5.79 Å². The molecular formula is C28H36N4O5. The number of nitrogens with one attached hydrogen (secondary N) is 2. The van der Waals surface area contributed by atoms with Crippen LogP contribution in [0.1, 0.15) is 65.8 Å². The lowest BCUT2D eigenvalue weighted by atomic mass is 9.96. The molecule has 3 aliphatic heterocycles. The predicted molar refractivity (Wildman–Crippen MR) is 139 cm³/mol. The van der Waals surface area contributed by atoms with Gasteiger partial charge in [-0.3, -0.25) is 9.59 Å². The third-order valence-electron chi connectivity index (χ3n) is 7.65. The Morgan fingerprint density at radius 1 is 1.14 bits per heavy atom. The number of fused-ring (bicyclic) bond motifs is 2. The van der Waals surface area contributed by atoms with E-state index in [2.05, 4.69) is 20.5 Å². The Morgan fingerprint density at radius 3 is 2.51 bits per heavy atom. The minimum atomic E-state index is -0.609. The molecule has 9 nitrogen and oxygen atoms in total. The van der Waals surface area contributed by atoms with Gasteiger partial charge < -0.3 is 29.7 Å². The average molecular weight is 509 g/mol. The van der Waals surface area contributed by atoms with E-state index >= 15 is 0 Å². The van der Waals surface area contributed by atoms with Gasteiger partial charge in [0.25, 0.3) is 11.8 Å². The minimum Gasteiger partial charge on any atom is -0.496 e. The number of anilines is 1. The van der Waals surface area contributed by atoms with Gasteiger partial charge >= 0.3 is 0 Å². The Labute approximate surface area is 217 Å². The van der Waals surface area contributed by atoms with Crippen molar-refractivity contribution in [1.29, 1.82) is 0 Å². The van der Waals surface area contributed by atoms with Crippen molar-refractivity contribution in [3.63, 3.8) is 0 Å². The Hall–Kier alpha value is -3.17. The zero-order valence-electron chi connectivity index (χ0n) is 22.0. The quantitative estimate of drug-likeness (QED) is 0.592. The molecule has 1 aromatic carbocycles. The van der Waals surface area contributed by atoms with E-state index in [0.717, 1.165) is 42.8 Å². The number of pyridine rings is 1. The van der Waals surface area contributed by atoms with Gasteiger partial charge in [0.05, 0.1) is 19.3 Å². The molecular weight excluding hydrogens is 472 g/mol. The topological polar surface area (TPSA) is 102 Å². The van der Waals surface area contributed by atoms with E-state index in [1.165, 1.54) is 0 Å². The molecule has 2 aromatic rings. The molecule has 2 bridgehead atoms. The standard InChI is InChI=1S/C28H36N4O5/c1-17-23(6-5-7-24(17)35-4)27(34)31-19-12-20-9-10-21(13-19)32(20)25-11-8-18(14-29-25)26(33)30-15-22-16-36-28(2,3)37-22/h5-8,11,14,19-22H,9-10,12-13,15-16H2,1-4H3,(H,30,33)(H,31,34). The van der Waals surface area contributed by atoms with Crippen LogP contribution in [0.25, 0.3) is 0 Å². The summed E-state index contributed by atoms with van der Waals surface area (Å²) in [6, 6.07) is 10.0. The molecule has 0 aliphatic carbocycles. The second-order valence-corrected chi connectivity index (χ2v) is 10.6. The first-order valence-electron chi connectivity index (χ1n) is 13.0. The number of hydrogen-bond donors (Lipinski definition) is 2. The van der Waals surface area contributed by atoms with Crippen LogP contribution in [0.5, 0.6) is 5.75 Å². The number of hydrogen-bond acceptors (Lipinski definition) is 7. The molecule has 2 amide bonds. The fourth-order valence-corrected chi connectivity index (χ4v) is 5.86. The maximum Gasteiger partial charge on any atom is 0.252 e. The van der Waals surface area contributed by atoms with Gasteiger partial charge in [-0.2, -0.15) is 0 Å². The number of piperidine rings is 1. The summed E-state index contributed by atoms with van der Waals surface area (Å²) in [6.07, 6.45) is 5.36. The van der Waals surface area contributed by atoms with Crippen LogP contribution in [0.3, 0.4) is 0 Å². The second kappa shape index (κ2) is 10.3. The number of amides is 2. The number of carbonyl (C=O) groups excluding carboxylic acids is 2. The van der Waals surface area contributed by atoms with Crippen molar-refractivity contribution in [3.8, 4) is 5.75 Å². The molecule has 9 heteroatoms. The molecule has 0 radical (unpaired) electrons. The maximum atomic E-state index is 13.0. The Bertz CT molecular complexity index is 1140. The molecule has 3 aliphatic rings. The predicted octanol–water partition coefficient (Wildman–Crippen LogP) is 3.21. The number of aromatic nitrogens is 1. The highest BCUT2D eigenvalue weighted by Crippen LogP contribution is 2.38. The first-order valence-corrected chi connectivity index (χ1v) is 13.0. The van der Waals surface area contributed by atoms with Gasteiger partial charge in [0.2, 0.25) is 0 Å². The normalized spacial score (nSPS) is 26.1. The number of benzene rings is 1. The first-order chi connectivity index (χ1) is 17.7. The van der Waals surface area contributed by atoms with E-state index in [4.69, 9.17) is 14.2 Å². The largest absolute Gasteiger partial charge is 0.496 e. The summed E-state index contributed by atoms with van der Waals surface area (Å²) in [7, 11) is 1.62. The van der Waals surface area contributed by atoms with E-state index in [1.54, 1.807) is 13.3 Å². The Balaban J connectivity index is 1.17. The van der Waals surface area contributed by atoms with Gasteiger partial charge in [0.15, 0.2) is 5.79 Å². The van der Waals surface area contributed by atoms with Crippen molar-refractivity contribution in [2.75, 3.05) is 25.2 Å². The lowest BCUT2D eigenvalue weighted by Gasteiger charge is -2.40. The third-order valence-corrected chi connectivity index (χ3v) is 7.65. The SMILES string of the molecule is COc1cccc(C(=O)NC2CC3CCC(C2)N3c2ccc(C(=O)NCC3COC(C)(C)O3)cn2)c1C. The maximum absolute atomic E-state index is 13.0. The van der Waals surface area contributed by atoms with Gasteiger partial charge in [0.1, 0.15) is 17.7 Å². The lowest BCUT2D eigenvalue weighted by molar-refractivity contribution is -0.137. The first kappa shape index (κ1) is 25.5. The molecule has 3 unspecified atom stereocenters. The van der Waals surface area contributed by atoms with E-state index in [-0.39, 0.29) is 24.0 Å². The van der Waals surface area contributed by atoms with Crippen molar-refractivity contribution in [2.45, 2.75) is 76.5 Å². The fourth-order valence-electron chi connectivity index (χ4n) is 5.86. The van der Waals surface area contributed by atoms with Crippen molar-refractivity contribution < 1.29 is 23.8 Å². The van der Waals surface area contributed by atoms with Crippen LogP contribution in [0.4, 0.5) is 5.82 Å². The molecule has 3 saturated heterocycles. The zero-order valence-corrected chi connectivity index (χ0v) is 22.0. The summed E-state index contributed by atoms with van der Waals surface area (Å²) >= 11 is 0. The summed E-state index contributed by atoms with van der Waals surface area (Å²) in [5, 5.41) is 6.16. The van der Waals surface area contributed by atoms with E-state index in [1.807, 2.05) is 51.1 Å². The lowest BCUT2D eigenvalue weighted by Crippen LogP contribution is -2.50. The highest BCUT2D eigenvalue weighted by Gasteiger charge is 2.42. The van der Waals surface area contributed by atoms with Crippen LogP contribution in [0, 0.1) is 6.92 Å². The van der Waals surface area contributed by atoms with Gasteiger partial charge in [-0.1, -0.05) is 6.07 Å². The summed E-state index contributed by atoms with van der Waals surface area (Å²) in [5.41, 5.74) is 2.02. The molecule has 3 fully saturated rings. The molecule has 2 N–H and O–H groups in total. The van der Waals surface area contributed by atoms with Crippen LogP contribution in [0.15, 0.2) is 36.5 Å². The van der Waals surface area contributed by atoms with Gasteiger partial charge in [0, 0.05) is 42.0 Å². The van der Waals surface area contributed by atoms with Crippen LogP contribution in [0.2, 0.25) is 0 Å². The molecule has 0 spiro atoms. The minimum absolute atomic E-state index is 0.0547. The monoisotopic (exact) mass is 508 g/mol. The van der Waals surface area contributed by atoms with Gasteiger partial charge in [-0.05, 0) is 70.7 Å². The van der Waals surface area contributed by atoms with Crippen LogP contribution >= 0.6 is 0 Å².